The van der Waals surface area contributed by atoms with Crippen LogP contribution in [0.2, 0.25) is 0 Å². The second-order valence-electron chi connectivity index (χ2n) is 8.38. The Morgan fingerprint density at radius 2 is 1.38 bits per heavy atom. The number of hydrogen-bond donors (Lipinski definition) is 0. The minimum atomic E-state index is 0.0554. The number of carbonyl (C=O) groups is 1. The third kappa shape index (κ3) is 5.04. The van der Waals surface area contributed by atoms with Gasteiger partial charge in [-0.05, 0) is 59.0 Å². The van der Waals surface area contributed by atoms with Crippen LogP contribution in [0.15, 0.2) is 42.6 Å². The SMILES string of the molecule is COc1cc2c(cc1OC)CC(=O)N(C/C=C\CN1CCc3cc(OC)c(OC)cc3C1)C=C2. The van der Waals surface area contributed by atoms with E-state index in [4.69, 9.17) is 18.9 Å². The number of methoxy groups -OCH3 is 4. The fraction of sp³-hybridized carbons (Fsp3) is 0.370. The lowest BCUT2D eigenvalue weighted by molar-refractivity contribution is -0.127. The van der Waals surface area contributed by atoms with E-state index in [1.54, 1.807) is 33.3 Å². The van der Waals surface area contributed by atoms with Gasteiger partial charge < -0.3 is 23.8 Å². The number of fused-ring (bicyclic) bond motifs is 2. The average Bonchev–Trinajstić information content (AvgIpc) is 3.02. The highest BCUT2D eigenvalue weighted by molar-refractivity contribution is 5.84. The van der Waals surface area contributed by atoms with Crippen LogP contribution in [0.4, 0.5) is 0 Å². The third-order valence-corrected chi connectivity index (χ3v) is 6.37. The number of benzene rings is 2. The molecule has 0 N–H and O–H groups in total. The molecule has 0 fully saturated rings. The third-order valence-electron chi connectivity index (χ3n) is 6.37. The van der Waals surface area contributed by atoms with Crippen molar-refractivity contribution in [2.75, 3.05) is 48.1 Å². The van der Waals surface area contributed by atoms with E-state index in [1.165, 1.54) is 11.1 Å². The molecular weight excluding hydrogens is 432 g/mol. The van der Waals surface area contributed by atoms with Crippen LogP contribution < -0.4 is 18.9 Å². The van der Waals surface area contributed by atoms with Crippen LogP contribution in [0.5, 0.6) is 23.0 Å². The van der Waals surface area contributed by atoms with Gasteiger partial charge in [-0.3, -0.25) is 9.69 Å². The number of rotatable bonds is 8. The number of nitrogens with zero attached hydrogens (tertiary/aromatic N) is 2. The second kappa shape index (κ2) is 10.7. The second-order valence-corrected chi connectivity index (χ2v) is 8.38. The Kier molecular flexibility index (Phi) is 7.43. The Morgan fingerprint density at radius 3 is 2.06 bits per heavy atom. The van der Waals surface area contributed by atoms with Gasteiger partial charge in [0.25, 0.3) is 0 Å². The first-order valence-electron chi connectivity index (χ1n) is 11.4. The van der Waals surface area contributed by atoms with Crippen LogP contribution in [0.1, 0.15) is 22.3 Å². The summed E-state index contributed by atoms with van der Waals surface area (Å²) in [5.74, 6) is 2.89. The summed E-state index contributed by atoms with van der Waals surface area (Å²) in [5.41, 5.74) is 4.48. The topological polar surface area (TPSA) is 60.5 Å². The van der Waals surface area contributed by atoms with Crippen molar-refractivity contribution in [3.63, 3.8) is 0 Å². The van der Waals surface area contributed by atoms with E-state index in [2.05, 4.69) is 29.2 Å². The highest BCUT2D eigenvalue weighted by atomic mass is 16.5. The molecule has 34 heavy (non-hydrogen) atoms. The van der Waals surface area contributed by atoms with Gasteiger partial charge >= 0.3 is 0 Å². The molecule has 2 aromatic rings. The molecule has 0 unspecified atom stereocenters. The summed E-state index contributed by atoms with van der Waals surface area (Å²) in [6.07, 6.45) is 9.30. The molecule has 180 valence electrons. The van der Waals surface area contributed by atoms with E-state index in [1.807, 2.05) is 24.4 Å². The standard InChI is InChI=1S/C27H32N2O5/c1-31-23-13-19-8-12-29(27(30)17-21(19)15-25(23)33-3)10-6-5-9-28-11-7-20-14-24(32-2)26(34-4)16-22(20)18-28/h5-6,8,12-16H,7,9-11,17-18H2,1-4H3/b6-5-. The van der Waals surface area contributed by atoms with Crippen molar-refractivity contribution in [1.29, 1.82) is 0 Å². The van der Waals surface area contributed by atoms with Crippen LogP contribution in [-0.2, 0) is 24.2 Å². The predicted molar refractivity (Wildman–Crippen MR) is 132 cm³/mol. The molecule has 1 amide bonds. The van der Waals surface area contributed by atoms with Crippen molar-refractivity contribution in [3.05, 3.63) is 64.9 Å². The maximum Gasteiger partial charge on any atom is 0.231 e. The lowest BCUT2D eigenvalue weighted by atomic mass is 9.99. The molecule has 2 heterocycles. The molecule has 4 rings (SSSR count). The van der Waals surface area contributed by atoms with Crippen LogP contribution in [0.25, 0.3) is 6.08 Å². The van der Waals surface area contributed by atoms with Crippen molar-refractivity contribution in [2.24, 2.45) is 0 Å². The summed E-state index contributed by atoms with van der Waals surface area (Å²) in [4.78, 5) is 16.9. The Hall–Kier alpha value is -3.45. The van der Waals surface area contributed by atoms with Gasteiger partial charge in [-0.15, -0.1) is 0 Å². The van der Waals surface area contributed by atoms with E-state index in [9.17, 15) is 4.79 Å². The van der Waals surface area contributed by atoms with Gasteiger partial charge in [0.15, 0.2) is 23.0 Å². The highest BCUT2D eigenvalue weighted by Crippen LogP contribution is 2.34. The van der Waals surface area contributed by atoms with Crippen molar-refractivity contribution < 1.29 is 23.7 Å². The number of hydrogen-bond acceptors (Lipinski definition) is 6. The zero-order valence-electron chi connectivity index (χ0n) is 20.3. The Balaban J connectivity index is 1.35. The lowest BCUT2D eigenvalue weighted by Gasteiger charge is -2.28. The minimum absolute atomic E-state index is 0.0554. The van der Waals surface area contributed by atoms with E-state index in [0.29, 0.717) is 24.5 Å². The molecule has 7 heteroatoms. The number of ether oxygens (including phenoxy) is 4. The van der Waals surface area contributed by atoms with Gasteiger partial charge in [0.1, 0.15) is 0 Å². The quantitative estimate of drug-likeness (QED) is 0.556. The largest absolute Gasteiger partial charge is 0.493 e. The van der Waals surface area contributed by atoms with Crippen molar-refractivity contribution in [1.82, 2.24) is 9.80 Å². The molecule has 0 saturated carbocycles. The maximum absolute atomic E-state index is 12.8. The van der Waals surface area contributed by atoms with Gasteiger partial charge in [-0.1, -0.05) is 12.2 Å². The molecule has 2 aliphatic heterocycles. The summed E-state index contributed by atoms with van der Waals surface area (Å²) >= 11 is 0. The molecule has 7 nitrogen and oxygen atoms in total. The van der Waals surface area contributed by atoms with Crippen molar-refractivity contribution in [2.45, 2.75) is 19.4 Å². The van der Waals surface area contributed by atoms with Crippen LogP contribution in [0.3, 0.4) is 0 Å². The maximum atomic E-state index is 12.8. The van der Waals surface area contributed by atoms with Crippen LogP contribution >= 0.6 is 0 Å². The van der Waals surface area contributed by atoms with E-state index >= 15 is 0 Å². The summed E-state index contributed by atoms with van der Waals surface area (Å²) in [5, 5.41) is 0. The van der Waals surface area contributed by atoms with Gasteiger partial charge in [0, 0.05) is 32.4 Å². The molecule has 0 spiro atoms. The summed E-state index contributed by atoms with van der Waals surface area (Å²) in [7, 11) is 6.55. The fourth-order valence-corrected chi connectivity index (χ4v) is 4.43. The molecule has 2 aromatic carbocycles. The van der Waals surface area contributed by atoms with E-state index < -0.39 is 0 Å². The first-order chi connectivity index (χ1) is 16.6. The fourth-order valence-electron chi connectivity index (χ4n) is 4.43. The summed E-state index contributed by atoms with van der Waals surface area (Å²) < 4.78 is 21.7. The first-order valence-corrected chi connectivity index (χ1v) is 11.4. The lowest BCUT2D eigenvalue weighted by Crippen LogP contribution is -2.31. The smallest absolute Gasteiger partial charge is 0.231 e. The van der Waals surface area contributed by atoms with Gasteiger partial charge in [0.2, 0.25) is 5.91 Å². The van der Waals surface area contributed by atoms with Gasteiger partial charge in [-0.2, -0.15) is 0 Å². The number of carbonyl (C=O) groups excluding carboxylic acids is 1. The van der Waals surface area contributed by atoms with Gasteiger partial charge in [-0.25, -0.2) is 0 Å². The first kappa shape index (κ1) is 23.7. The van der Waals surface area contributed by atoms with E-state index in [0.717, 1.165) is 48.7 Å². The van der Waals surface area contributed by atoms with Crippen molar-refractivity contribution >= 4 is 12.0 Å². The molecule has 0 bridgehead atoms. The predicted octanol–water partition coefficient (Wildman–Crippen LogP) is 3.69. The molecule has 0 atom stereocenters. The summed E-state index contributed by atoms with van der Waals surface area (Å²) in [6.45, 7) is 3.21. The molecule has 0 saturated heterocycles. The Morgan fingerprint density at radius 1 is 0.794 bits per heavy atom. The van der Waals surface area contributed by atoms with Crippen LogP contribution in [-0.4, -0.2) is 63.8 Å². The molecular formula is C27H32N2O5. The minimum Gasteiger partial charge on any atom is -0.493 e. The van der Waals surface area contributed by atoms with Gasteiger partial charge in [0.05, 0.1) is 34.9 Å². The zero-order valence-corrected chi connectivity index (χ0v) is 20.3. The Bertz CT molecular complexity index is 1110. The van der Waals surface area contributed by atoms with Crippen LogP contribution in [0, 0.1) is 0 Å². The summed E-state index contributed by atoms with van der Waals surface area (Å²) in [6, 6.07) is 7.96. The monoisotopic (exact) mass is 464 g/mol. The molecule has 0 aliphatic carbocycles. The number of amides is 1. The molecule has 0 radical (unpaired) electrons. The van der Waals surface area contributed by atoms with Crippen molar-refractivity contribution in [3.8, 4) is 23.0 Å². The molecule has 2 aliphatic rings. The average molecular weight is 465 g/mol. The molecule has 0 aromatic heterocycles. The normalized spacial score (nSPS) is 15.6. The van der Waals surface area contributed by atoms with E-state index in [-0.39, 0.29) is 5.91 Å². The Labute approximate surface area is 201 Å². The highest BCUT2D eigenvalue weighted by Gasteiger charge is 2.20. The zero-order chi connectivity index (χ0) is 24.1.